The zero-order valence-electron chi connectivity index (χ0n) is 9.14. The molecule has 0 aliphatic heterocycles. The monoisotopic (exact) mass is 342 g/mol. The first kappa shape index (κ1) is 14.4. The molecule has 1 aromatic heterocycles. The van der Waals surface area contributed by atoms with Crippen molar-refractivity contribution in [1.82, 2.24) is 4.98 Å². The van der Waals surface area contributed by atoms with Crippen molar-refractivity contribution in [3.8, 4) is 0 Å². The van der Waals surface area contributed by atoms with Crippen LogP contribution in [-0.2, 0) is 19.9 Å². The third-order valence-corrected chi connectivity index (χ3v) is 5.56. The summed E-state index contributed by atoms with van der Waals surface area (Å²) in [6, 6.07) is 1.67. The van der Waals surface area contributed by atoms with Crippen LogP contribution < -0.4 is 4.72 Å². The molecule has 6 nitrogen and oxygen atoms in total. The summed E-state index contributed by atoms with van der Waals surface area (Å²) in [4.78, 5) is 3.86. The van der Waals surface area contributed by atoms with Crippen LogP contribution in [0.2, 0.25) is 0 Å². The number of nitrogens with one attached hydrogen (secondary N) is 1. The average Bonchev–Trinajstić information content (AvgIpc) is 2.05. The Labute approximate surface area is 109 Å². The van der Waals surface area contributed by atoms with E-state index in [0.29, 0.717) is 10.0 Å². The smallest absolute Gasteiger partial charge is 0.248 e. The third kappa shape index (κ3) is 5.00. The van der Waals surface area contributed by atoms with Gasteiger partial charge in [0.25, 0.3) is 0 Å². The molecule has 0 radical (unpaired) electrons. The van der Waals surface area contributed by atoms with E-state index in [-0.39, 0.29) is 5.82 Å². The Bertz CT molecular complexity index is 625. The Balaban J connectivity index is 2.99. The van der Waals surface area contributed by atoms with Gasteiger partial charge in [0.05, 0.1) is 0 Å². The Hall–Kier alpha value is -0.670. The van der Waals surface area contributed by atoms with Crippen LogP contribution in [0.1, 0.15) is 5.56 Å². The van der Waals surface area contributed by atoms with E-state index in [4.69, 9.17) is 0 Å². The molecule has 0 amide bonds. The minimum atomic E-state index is -3.94. The van der Waals surface area contributed by atoms with Crippen molar-refractivity contribution in [3.05, 3.63) is 22.3 Å². The summed E-state index contributed by atoms with van der Waals surface area (Å²) in [6.45, 7) is 1.66. The van der Waals surface area contributed by atoms with Crippen LogP contribution in [-0.4, -0.2) is 33.2 Å². The summed E-state index contributed by atoms with van der Waals surface area (Å²) in [6.07, 6.45) is 2.28. The van der Waals surface area contributed by atoms with Gasteiger partial charge in [-0.3, -0.25) is 4.72 Å². The molecular formula is C8H11BrN2O4S2. The summed E-state index contributed by atoms with van der Waals surface area (Å²) in [5, 5.41) is -0.961. The number of sulfone groups is 1. The Morgan fingerprint density at radius 2 is 1.94 bits per heavy atom. The predicted octanol–water partition coefficient (Wildman–Crippen LogP) is 0.896. The van der Waals surface area contributed by atoms with Crippen LogP contribution in [0.15, 0.2) is 16.7 Å². The van der Waals surface area contributed by atoms with Crippen LogP contribution in [0.25, 0.3) is 0 Å². The highest BCUT2D eigenvalue weighted by Gasteiger charge is 2.19. The van der Waals surface area contributed by atoms with Gasteiger partial charge in [-0.15, -0.1) is 0 Å². The normalized spacial score (nSPS) is 12.4. The van der Waals surface area contributed by atoms with Crippen molar-refractivity contribution < 1.29 is 16.8 Å². The lowest BCUT2D eigenvalue weighted by Crippen LogP contribution is -2.23. The summed E-state index contributed by atoms with van der Waals surface area (Å²) >= 11 is 3.19. The van der Waals surface area contributed by atoms with E-state index in [1.54, 1.807) is 13.0 Å². The summed E-state index contributed by atoms with van der Waals surface area (Å²) in [7, 11) is -7.55. The van der Waals surface area contributed by atoms with Crippen LogP contribution in [0.5, 0.6) is 0 Å². The maximum Gasteiger partial charge on any atom is 0.248 e. The quantitative estimate of drug-likeness (QED) is 0.877. The first-order valence-electron chi connectivity index (χ1n) is 4.39. The molecule has 1 heterocycles. The molecule has 0 aliphatic rings. The molecule has 0 unspecified atom stereocenters. The number of sulfonamides is 1. The van der Waals surface area contributed by atoms with Gasteiger partial charge in [0.1, 0.15) is 5.82 Å². The average molecular weight is 343 g/mol. The lowest BCUT2D eigenvalue weighted by Gasteiger charge is -2.08. The van der Waals surface area contributed by atoms with Crippen molar-refractivity contribution >= 4 is 41.6 Å². The minimum Gasteiger partial charge on any atom is -0.266 e. The van der Waals surface area contributed by atoms with Crippen molar-refractivity contribution in [2.24, 2.45) is 0 Å². The molecule has 0 atom stereocenters. The zero-order chi connectivity index (χ0) is 13.3. The topological polar surface area (TPSA) is 93.2 Å². The maximum atomic E-state index is 11.5. The molecule has 0 aromatic carbocycles. The number of pyridine rings is 1. The Morgan fingerprint density at radius 1 is 1.35 bits per heavy atom. The van der Waals surface area contributed by atoms with Gasteiger partial charge in [0, 0.05) is 16.9 Å². The predicted molar refractivity (Wildman–Crippen MR) is 68.9 cm³/mol. The first-order valence-corrected chi connectivity index (χ1v) is 8.90. The minimum absolute atomic E-state index is 0.122. The fourth-order valence-electron chi connectivity index (χ4n) is 1.11. The van der Waals surface area contributed by atoms with Gasteiger partial charge in [-0.2, -0.15) is 0 Å². The molecule has 0 aliphatic carbocycles. The van der Waals surface area contributed by atoms with Crippen LogP contribution >= 0.6 is 15.9 Å². The highest BCUT2D eigenvalue weighted by molar-refractivity contribution is 9.10. The van der Waals surface area contributed by atoms with E-state index in [9.17, 15) is 16.8 Å². The number of hydrogen-bond donors (Lipinski definition) is 1. The number of hydrogen-bond acceptors (Lipinski definition) is 5. The maximum absolute atomic E-state index is 11.5. The van der Waals surface area contributed by atoms with Gasteiger partial charge in [0.15, 0.2) is 14.9 Å². The second-order valence-electron chi connectivity index (χ2n) is 3.58. The molecule has 0 spiro atoms. The van der Waals surface area contributed by atoms with Gasteiger partial charge in [-0.1, -0.05) is 0 Å². The molecule has 0 fully saturated rings. The van der Waals surface area contributed by atoms with Crippen molar-refractivity contribution in [2.45, 2.75) is 6.92 Å². The molecule has 9 heteroatoms. The van der Waals surface area contributed by atoms with E-state index >= 15 is 0 Å². The van der Waals surface area contributed by atoms with Crippen molar-refractivity contribution in [3.63, 3.8) is 0 Å². The van der Waals surface area contributed by atoms with Crippen LogP contribution in [0.4, 0.5) is 5.82 Å². The molecule has 17 heavy (non-hydrogen) atoms. The third-order valence-electron chi connectivity index (χ3n) is 1.67. The van der Waals surface area contributed by atoms with Crippen molar-refractivity contribution in [2.75, 3.05) is 16.1 Å². The van der Waals surface area contributed by atoms with Gasteiger partial charge in [0.2, 0.25) is 10.0 Å². The molecule has 1 aromatic rings. The SMILES string of the molecule is Cc1cc(Br)cnc1NS(=O)(=O)CS(C)(=O)=O. The number of halogens is 1. The van der Waals surface area contributed by atoms with E-state index in [1.165, 1.54) is 6.20 Å². The highest BCUT2D eigenvalue weighted by atomic mass is 79.9. The van der Waals surface area contributed by atoms with E-state index in [1.807, 2.05) is 0 Å². The van der Waals surface area contributed by atoms with Crippen LogP contribution in [0, 0.1) is 6.92 Å². The van der Waals surface area contributed by atoms with Crippen LogP contribution in [0.3, 0.4) is 0 Å². The molecule has 0 saturated carbocycles. The Morgan fingerprint density at radius 3 is 2.41 bits per heavy atom. The van der Waals surface area contributed by atoms with Gasteiger partial charge in [-0.05, 0) is 34.5 Å². The molecule has 0 bridgehead atoms. The summed E-state index contributed by atoms with van der Waals surface area (Å²) < 4.78 is 47.7. The molecule has 1 rings (SSSR count). The summed E-state index contributed by atoms with van der Waals surface area (Å²) in [5.41, 5.74) is 0.594. The number of anilines is 1. The number of aryl methyl sites for hydroxylation is 1. The second-order valence-corrected chi connectivity index (χ2v) is 8.72. The zero-order valence-corrected chi connectivity index (χ0v) is 12.4. The standard InChI is InChI=1S/C8H11BrN2O4S2/c1-6-3-7(9)4-10-8(6)11-17(14,15)5-16(2,12)13/h3-4H,5H2,1-2H3,(H,10,11). The second kappa shape index (κ2) is 4.91. The van der Waals surface area contributed by atoms with Gasteiger partial charge < -0.3 is 0 Å². The number of rotatable bonds is 4. The molecule has 0 saturated heterocycles. The van der Waals surface area contributed by atoms with Gasteiger partial charge in [-0.25, -0.2) is 21.8 Å². The van der Waals surface area contributed by atoms with E-state index in [0.717, 1.165) is 6.26 Å². The highest BCUT2D eigenvalue weighted by Crippen LogP contribution is 2.18. The molecule has 1 N–H and O–H groups in total. The molecular weight excluding hydrogens is 332 g/mol. The fraction of sp³-hybridized carbons (Fsp3) is 0.375. The summed E-state index contributed by atoms with van der Waals surface area (Å²) in [5.74, 6) is 0.122. The largest absolute Gasteiger partial charge is 0.266 e. The fourth-order valence-corrected chi connectivity index (χ4v) is 4.55. The molecule has 96 valence electrons. The number of nitrogens with zero attached hydrogens (tertiary/aromatic N) is 1. The number of aromatic nitrogens is 1. The Kier molecular flexibility index (Phi) is 4.15. The lowest BCUT2D eigenvalue weighted by molar-refractivity contribution is 0.594. The van der Waals surface area contributed by atoms with E-state index < -0.39 is 24.9 Å². The van der Waals surface area contributed by atoms with E-state index in [2.05, 4.69) is 25.6 Å². The lowest BCUT2D eigenvalue weighted by atomic mass is 10.3. The van der Waals surface area contributed by atoms with Crippen molar-refractivity contribution in [1.29, 1.82) is 0 Å². The van der Waals surface area contributed by atoms with Gasteiger partial charge >= 0.3 is 0 Å². The first-order chi connectivity index (χ1) is 7.59.